The van der Waals surface area contributed by atoms with Crippen molar-refractivity contribution in [3.63, 3.8) is 0 Å². The average Bonchev–Trinajstić information content (AvgIpc) is 3.73. The summed E-state index contributed by atoms with van der Waals surface area (Å²) in [5.74, 6) is 0.0307. The van der Waals surface area contributed by atoms with Crippen LogP contribution in [0, 0.1) is 0 Å². The van der Waals surface area contributed by atoms with Gasteiger partial charge in [0.05, 0.1) is 24.8 Å². The van der Waals surface area contributed by atoms with Gasteiger partial charge >= 0.3 is 12.1 Å². The highest BCUT2D eigenvalue weighted by Crippen LogP contribution is 2.41. The van der Waals surface area contributed by atoms with Gasteiger partial charge in [-0.05, 0) is 62.9 Å². The molecule has 0 atom stereocenters. The van der Waals surface area contributed by atoms with E-state index in [-0.39, 0.29) is 18.2 Å². The van der Waals surface area contributed by atoms with Crippen LogP contribution in [0.5, 0.6) is 11.5 Å². The Balaban J connectivity index is 1.39. The Morgan fingerprint density at radius 3 is 2.35 bits per heavy atom. The number of benzene rings is 2. The molecule has 0 aliphatic heterocycles. The number of alkyl halides is 3. The van der Waals surface area contributed by atoms with E-state index in [4.69, 9.17) is 9.47 Å². The zero-order valence-electron chi connectivity index (χ0n) is 22.3. The summed E-state index contributed by atoms with van der Waals surface area (Å²) in [6, 6.07) is 9.78. The first-order valence-corrected chi connectivity index (χ1v) is 12.8. The van der Waals surface area contributed by atoms with Crippen LogP contribution in [0.2, 0.25) is 0 Å². The van der Waals surface area contributed by atoms with Crippen LogP contribution in [0.3, 0.4) is 0 Å². The summed E-state index contributed by atoms with van der Waals surface area (Å²) < 4.78 is 49.6. The lowest BCUT2D eigenvalue weighted by Gasteiger charge is -2.22. The third-order valence-electron chi connectivity index (χ3n) is 6.48. The number of hydrogen-bond acceptors (Lipinski definition) is 6. The first-order chi connectivity index (χ1) is 18.9. The lowest BCUT2D eigenvalue weighted by Crippen LogP contribution is -2.37. The molecule has 1 aliphatic carbocycles. The Kier molecular flexibility index (Phi) is 8.32. The number of amides is 1. The van der Waals surface area contributed by atoms with Crippen molar-refractivity contribution in [1.29, 1.82) is 0 Å². The van der Waals surface area contributed by atoms with Gasteiger partial charge in [0, 0.05) is 35.9 Å². The van der Waals surface area contributed by atoms with Crippen molar-refractivity contribution < 1.29 is 37.3 Å². The smallest absolute Gasteiger partial charge is 0.416 e. The number of carbonyl (C=O) groups is 2. The van der Waals surface area contributed by atoms with Gasteiger partial charge < -0.3 is 19.9 Å². The molecule has 212 valence electrons. The van der Waals surface area contributed by atoms with Gasteiger partial charge in [-0.15, -0.1) is 0 Å². The first kappa shape index (κ1) is 28.8. The molecule has 1 fully saturated rings. The second-order valence-electron chi connectivity index (χ2n) is 10.2. The van der Waals surface area contributed by atoms with Gasteiger partial charge in [0.1, 0.15) is 11.5 Å². The molecule has 1 aromatic heterocycles. The van der Waals surface area contributed by atoms with Gasteiger partial charge in [-0.3, -0.25) is 4.79 Å². The number of carboxylic acids is 1. The van der Waals surface area contributed by atoms with Crippen molar-refractivity contribution in [1.82, 2.24) is 15.3 Å². The number of hydrogen-bond donors (Lipinski definition) is 2. The molecule has 0 bridgehead atoms. The van der Waals surface area contributed by atoms with Gasteiger partial charge in [0.2, 0.25) is 5.91 Å². The van der Waals surface area contributed by atoms with Crippen LogP contribution in [0.4, 0.5) is 13.2 Å². The molecule has 1 heterocycles. The van der Waals surface area contributed by atoms with E-state index < -0.39 is 23.3 Å². The third kappa shape index (κ3) is 7.28. The highest BCUT2D eigenvalue weighted by Gasteiger charge is 2.32. The highest BCUT2D eigenvalue weighted by molar-refractivity contribution is 5.79. The number of halogens is 3. The SMILES string of the molecule is COc1cc(CCNC(=O)Cc2cnc(-c3ccc(C(F)(F)F)cc3)nc2C2CC2)cc(OC(C)(C)C(=O)O)c1. The number of aromatic nitrogens is 2. The van der Waals surface area contributed by atoms with E-state index in [1.807, 2.05) is 0 Å². The minimum Gasteiger partial charge on any atom is -0.497 e. The number of nitrogens with one attached hydrogen (secondary N) is 1. The first-order valence-electron chi connectivity index (χ1n) is 12.8. The minimum atomic E-state index is -4.42. The largest absolute Gasteiger partial charge is 0.497 e. The molecular weight excluding hydrogens is 527 g/mol. The summed E-state index contributed by atoms with van der Waals surface area (Å²) in [6.45, 7) is 3.21. The van der Waals surface area contributed by atoms with E-state index in [1.54, 1.807) is 24.4 Å². The molecule has 8 nitrogen and oxygen atoms in total. The van der Waals surface area contributed by atoms with Gasteiger partial charge in [-0.25, -0.2) is 14.8 Å². The summed E-state index contributed by atoms with van der Waals surface area (Å²) >= 11 is 0. The van der Waals surface area contributed by atoms with E-state index in [0.717, 1.165) is 36.2 Å². The predicted octanol–water partition coefficient (Wildman–Crippen LogP) is 5.19. The molecule has 2 N–H and O–H groups in total. The van der Waals surface area contributed by atoms with Crippen molar-refractivity contribution >= 4 is 11.9 Å². The number of carboxylic acid groups (broad SMARTS) is 1. The van der Waals surface area contributed by atoms with Crippen LogP contribution >= 0.6 is 0 Å². The van der Waals surface area contributed by atoms with E-state index in [0.29, 0.717) is 41.4 Å². The predicted molar refractivity (Wildman–Crippen MR) is 140 cm³/mol. The molecule has 2 aromatic carbocycles. The summed E-state index contributed by atoms with van der Waals surface area (Å²) in [5, 5.41) is 12.2. The normalized spacial score (nSPS) is 13.6. The molecule has 3 aromatic rings. The fourth-order valence-electron chi connectivity index (χ4n) is 4.09. The Labute approximate surface area is 229 Å². The van der Waals surface area contributed by atoms with Crippen LogP contribution in [0.15, 0.2) is 48.7 Å². The van der Waals surface area contributed by atoms with Gasteiger partial charge in [-0.2, -0.15) is 13.2 Å². The van der Waals surface area contributed by atoms with Crippen molar-refractivity contribution in [2.75, 3.05) is 13.7 Å². The summed E-state index contributed by atoms with van der Waals surface area (Å²) in [7, 11) is 1.50. The van der Waals surface area contributed by atoms with Crippen LogP contribution in [0.1, 0.15) is 55.0 Å². The molecule has 0 unspecified atom stereocenters. The van der Waals surface area contributed by atoms with Crippen molar-refractivity contribution in [3.8, 4) is 22.9 Å². The number of nitrogens with zero attached hydrogens (tertiary/aromatic N) is 2. The number of carbonyl (C=O) groups excluding carboxylic acids is 1. The fourth-order valence-corrected chi connectivity index (χ4v) is 4.09. The van der Waals surface area contributed by atoms with Crippen LogP contribution < -0.4 is 14.8 Å². The molecule has 1 amide bonds. The second-order valence-corrected chi connectivity index (χ2v) is 10.2. The van der Waals surface area contributed by atoms with Crippen LogP contribution in [0.25, 0.3) is 11.4 Å². The van der Waals surface area contributed by atoms with Crippen molar-refractivity contribution in [2.45, 2.75) is 57.2 Å². The quantitative estimate of drug-likeness (QED) is 0.334. The monoisotopic (exact) mass is 557 g/mol. The Morgan fingerprint density at radius 1 is 1.07 bits per heavy atom. The maximum atomic E-state index is 12.9. The molecule has 0 saturated heterocycles. The van der Waals surface area contributed by atoms with E-state index in [2.05, 4.69) is 15.3 Å². The lowest BCUT2D eigenvalue weighted by molar-refractivity contribution is -0.152. The fraction of sp³-hybridized carbons (Fsp3) is 0.379. The standard InChI is InChI=1S/C29H30F3N3O5/c1-28(2,27(37)38)40-23-13-17(12-22(15-23)39-3)10-11-33-24(36)14-20-16-34-26(35-25(20)18-4-5-18)19-6-8-21(9-7-19)29(30,31)32/h6-9,12-13,15-16,18H,4-5,10-11,14H2,1-3H3,(H,33,36)(H,37,38). The number of methoxy groups -OCH3 is 1. The number of aliphatic carboxylic acids is 1. The summed E-state index contributed by atoms with van der Waals surface area (Å²) in [5.41, 5.74) is 0.521. The van der Waals surface area contributed by atoms with Gasteiger partial charge in [0.25, 0.3) is 0 Å². The van der Waals surface area contributed by atoms with Gasteiger partial charge in [0.15, 0.2) is 11.4 Å². The topological polar surface area (TPSA) is 111 Å². The Morgan fingerprint density at radius 2 is 1.75 bits per heavy atom. The number of ether oxygens (including phenoxy) is 2. The number of rotatable bonds is 11. The Hall–Kier alpha value is -4.15. The van der Waals surface area contributed by atoms with Crippen LogP contribution in [-0.2, 0) is 28.6 Å². The Bertz CT molecular complexity index is 1390. The molecule has 4 rings (SSSR count). The van der Waals surface area contributed by atoms with Crippen molar-refractivity contribution in [2.24, 2.45) is 0 Å². The molecule has 1 saturated carbocycles. The van der Waals surface area contributed by atoms with E-state index >= 15 is 0 Å². The lowest BCUT2D eigenvalue weighted by atomic mass is 10.1. The molecule has 11 heteroatoms. The zero-order chi connectivity index (χ0) is 29.1. The second kappa shape index (κ2) is 11.5. The zero-order valence-corrected chi connectivity index (χ0v) is 22.3. The molecule has 0 spiro atoms. The summed E-state index contributed by atoms with van der Waals surface area (Å²) in [6.07, 6.45) is -0.475. The molecule has 1 aliphatic rings. The third-order valence-corrected chi connectivity index (χ3v) is 6.48. The molecule has 40 heavy (non-hydrogen) atoms. The summed E-state index contributed by atoms with van der Waals surface area (Å²) in [4.78, 5) is 33.1. The maximum absolute atomic E-state index is 12.9. The average molecular weight is 558 g/mol. The molecular formula is C29H30F3N3O5. The van der Waals surface area contributed by atoms with E-state index in [9.17, 15) is 27.9 Å². The van der Waals surface area contributed by atoms with Crippen LogP contribution in [-0.4, -0.2) is 46.2 Å². The molecule has 0 radical (unpaired) electrons. The van der Waals surface area contributed by atoms with Crippen molar-refractivity contribution in [3.05, 3.63) is 71.0 Å². The van der Waals surface area contributed by atoms with E-state index in [1.165, 1.54) is 33.1 Å². The highest BCUT2D eigenvalue weighted by atomic mass is 19.4. The minimum absolute atomic E-state index is 0.0679. The maximum Gasteiger partial charge on any atom is 0.416 e. The van der Waals surface area contributed by atoms with Gasteiger partial charge in [-0.1, -0.05) is 12.1 Å².